The number of nitrogens with zero attached hydrogens (tertiary/aromatic N) is 4. The van der Waals surface area contributed by atoms with E-state index < -0.39 is 0 Å². The van der Waals surface area contributed by atoms with Crippen molar-refractivity contribution in [2.45, 2.75) is 71.0 Å². The normalized spacial score (nSPS) is 28.1. The van der Waals surface area contributed by atoms with Crippen LogP contribution in [0, 0.1) is 0 Å². The molecule has 4 heterocycles. The van der Waals surface area contributed by atoms with E-state index in [1.54, 1.807) is 0 Å². The average molecular weight is 332 g/mol. The van der Waals surface area contributed by atoms with Gasteiger partial charge in [-0.15, -0.1) is 0 Å². The summed E-state index contributed by atoms with van der Waals surface area (Å²) in [7, 11) is 0. The molecule has 3 unspecified atom stereocenters. The molecule has 2 bridgehead atoms. The van der Waals surface area contributed by atoms with Gasteiger partial charge in [0.2, 0.25) is 5.95 Å². The molecular weight excluding hydrogens is 298 g/mol. The van der Waals surface area contributed by atoms with Gasteiger partial charge >= 0.3 is 0 Å². The molecule has 0 spiro atoms. The van der Waals surface area contributed by atoms with E-state index in [1.165, 1.54) is 37.9 Å². The predicted octanol–water partition coefficient (Wildman–Crippen LogP) is 2.64. The number of fused-ring (bicyclic) bond motifs is 2. The van der Waals surface area contributed by atoms with Gasteiger partial charge in [0.25, 0.3) is 0 Å². The summed E-state index contributed by atoms with van der Waals surface area (Å²) in [4.78, 5) is 14.6. The van der Waals surface area contributed by atoms with Gasteiger partial charge in [0.1, 0.15) is 0 Å². The topological polar surface area (TPSA) is 44.3 Å². The maximum Gasteiger partial charge on any atom is 0.225 e. The molecular formula is C19H33N5. The second-order valence-electron chi connectivity index (χ2n) is 7.18. The van der Waals surface area contributed by atoms with Crippen LogP contribution in [0.3, 0.4) is 0 Å². The molecule has 3 fully saturated rings. The van der Waals surface area contributed by atoms with Crippen molar-refractivity contribution in [2.24, 2.45) is 0 Å². The van der Waals surface area contributed by atoms with Crippen molar-refractivity contribution < 1.29 is 0 Å². The zero-order chi connectivity index (χ0) is 17.1. The Morgan fingerprint density at radius 2 is 1.71 bits per heavy atom. The molecule has 3 atom stereocenters. The van der Waals surface area contributed by atoms with Crippen molar-refractivity contribution in [3.05, 3.63) is 18.0 Å². The number of nitrogens with one attached hydrogen (secondary N) is 1. The average Bonchev–Trinajstić information content (AvgIpc) is 2.85. The maximum atomic E-state index is 4.70. The zero-order valence-corrected chi connectivity index (χ0v) is 15.7. The summed E-state index contributed by atoms with van der Waals surface area (Å²) in [6.07, 6.45) is 7.91. The summed E-state index contributed by atoms with van der Waals surface area (Å²) < 4.78 is 0. The first-order valence-corrected chi connectivity index (χ1v) is 9.81. The van der Waals surface area contributed by atoms with Gasteiger partial charge in [-0.25, -0.2) is 9.97 Å². The number of likely N-dealkylation sites (tertiary alicyclic amines) is 1. The van der Waals surface area contributed by atoms with E-state index in [1.807, 2.05) is 26.2 Å². The molecule has 0 radical (unpaired) electrons. The van der Waals surface area contributed by atoms with Crippen molar-refractivity contribution >= 4 is 5.95 Å². The van der Waals surface area contributed by atoms with Crippen LogP contribution in [0.4, 0.5) is 5.95 Å². The molecule has 1 aromatic heterocycles. The second-order valence-corrected chi connectivity index (χ2v) is 7.18. The SMILES string of the molecule is CC.CCC(C)N1CC2CCC(C1)N2c1ncc(C2CNC2)cn1. The molecule has 3 saturated heterocycles. The summed E-state index contributed by atoms with van der Waals surface area (Å²) in [5.41, 5.74) is 1.29. The molecule has 0 amide bonds. The first-order chi connectivity index (χ1) is 11.8. The summed E-state index contributed by atoms with van der Waals surface area (Å²) in [5.74, 6) is 1.57. The lowest BCUT2D eigenvalue weighted by atomic mass is 9.97. The van der Waals surface area contributed by atoms with Crippen LogP contribution in [0.1, 0.15) is 58.4 Å². The van der Waals surface area contributed by atoms with Crippen molar-refractivity contribution in [3.63, 3.8) is 0 Å². The van der Waals surface area contributed by atoms with Crippen molar-refractivity contribution in [1.29, 1.82) is 0 Å². The third-order valence-corrected chi connectivity index (χ3v) is 5.87. The summed E-state index contributed by atoms with van der Waals surface area (Å²) in [6, 6.07) is 1.90. The molecule has 4 rings (SSSR count). The van der Waals surface area contributed by atoms with E-state index in [0.717, 1.165) is 19.0 Å². The third kappa shape index (κ3) is 3.29. The number of anilines is 1. The number of piperazine rings is 1. The lowest BCUT2D eigenvalue weighted by Gasteiger charge is -2.43. The van der Waals surface area contributed by atoms with Crippen molar-refractivity contribution in [1.82, 2.24) is 20.2 Å². The Balaban J connectivity index is 0.000000815. The van der Waals surface area contributed by atoms with Gasteiger partial charge in [-0.3, -0.25) is 4.90 Å². The molecule has 1 aromatic rings. The quantitative estimate of drug-likeness (QED) is 0.919. The van der Waals surface area contributed by atoms with E-state index >= 15 is 0 Å². The molecule has 134 valence electrons. The van der Waals surface area contributed by atoms with E-state index in [0.29, 0.717) is 24.0 Å². The van der Waals surface area contributed by atoms with Gasteiger partial charge in [-0.05, 0) is 31.7 Å². The van der Waals surface area contributed by atoms with Crippen LogP contribution in [0.15, 0.2) is 12.4 Å². The highest BCUT2D eigenvalue weighted by atomic mass is 15.4. The zero-order valence-electron chi connectivity index (χ0n) is 15.7. The molecule has 24 heavy (non-hydrogen) atoms. The van der Waals surface area contributed by atoms with Gasteiger partial charge in [0.15, 0.2) is 0 Å². The fourth-order valence-corrected chi connectivity index (χ4v) is 4.08. The smallest absolute Gasteiger partial charge is 0.225 e. The van der Waals surface area contributed by atoms with Crippen LogP contribution in [0.25, 0.3) is 0 Å². The first-order valence-electron chi connectivity index (χ1n) is 9.81. The highest BCUT2D eigenvalue weighted by Crippen LogP contribution is 2.34. The Labute approximate surface area is 146 Å². The lowest BCUT2D eigenvalue weighted by molar-refractivity contribution is 0.162. The van der Waals surface area contributed by atoms with Crippen LogP contribution >= 0.6 is 0 Å². The molecule has 0 saturated carbocycles. The van der Waals surface area contributed by atoms with Gasteiger partial charge in [0.05, 0.1) is 0 Å². The molecule has 0 aromatic carbocycles. The Morgan fingerprint density at radius 3 is 2.17 bits per heavy atom. The van der Waals surface area contributed by atoms with Gasteiger partial charge in [0, 0.05) is 62.6 Å². The standard InChI is InChI=1S/C17H27N5.C2H6/c1-3-12(2)21-10-15-4-5-16(11-21)22(15)17-19-8-14(9-20-17)13-6-18-7-13;1-2/h8-9,12-13,15-16,18H,3-7,10-11H2,1-2H3;1-2H3. The molecule has 5 nitrogen and oxygen atoms in total. The van der Waals surface area contributed by atoms with E-state index in [9.17, 15) is 0 Å². The fraction of sp³-hybridized carbons (Fsp3) is 0.789. The highest BCUT2D eigenvalue weighted by Gasteiger charge is 2.42. The Bertz CT molecular complexity index is 499. The minimum absolute atomic E-state index is 0.601. The van der Waals surface area contributed by atoms with Gasteiger partial charge in [-0.1, -0.05) is 20.8 Å². The van der Waals surface area contributed by atoms with E-state index in [4.69, 9.17) is 9.97 Å². The summed E-state index contributed by atoms with van der Waals surface area (Å²) >= 11 is 0. The van der Waals surface area contributed by atoms with E-state index in [2.05, 4.69) is 29.0 Å². The predicted molar refractivity (Wildman–Crippen MR) is 99.6 cm³/mol. The Hall–Kier alpha value is -1.20. The maximum absolute atomic E-state index is 4.70. The molecule has 3 aliphatic heterocycles. The number of aromatic nitrogens is 2. The fourth-order valence-electron chi connectivity index (χ4n) is 4.08. The summed E-state index contributed by atoms with van der Waals surface area (Å²) in [6.45, 7) is 13.1. The Kier molecular flexibility index (Phi) is 5.72. The van der Waals surface area contributed by atoms with Crippen molar-refractivity contribution in [3.8, 4) is 0 Å². The molecule has 0 aliphatic carbocycles. The largest absolute Gasteiger partial charge is 0.332 e. The van der Waals surface area contributed by atoms with E-state index in [-0.39, 0.29) is 0 Å². The van der Waals surface area contributed by atoms with Gasteiger partial charge < -0.3 is 10.2 Å². The van der Waals surface area contributed by atoms with Crippen LogP contribution in [0.5, 0.6) is 0 Å². The minimum atomic E-state index is 0.601. The number of hydrogen-bond acceptors (Lipinski definition) is 5. The van der Waals surface area contributed by atoms with Crippen LogP contribution < -0.4 is 10.2 Å². The lowest BCUT2D eigenvalue weighted by Crippen LogP contribution is -2.56. The highest BCUT2D eigenvalue weighted by molar-refractivity contribution is 5.38. The Morgan fingerprint density at radius 1 is 1.12 bits per heavy atom. The first kappa shape index (κ1) is 17.6. The van der Waals surface area contributed by atoms with Gasteiger partial charge in [-0.2, -0.15) is 0 Å². The van der Waals surface area contributed by atoms with Crippen molar-refractivity contribution in [2.75, 3.05) is 31.1 Å². The molecule has 1 N–H and O–H groups in total. The molecule has 3 aliphatic rings. The summed E-state index contributed by atoms with van der Waals surface area (Å²) in [5, 5.41) is 3.31. The molecule has 5 heteroatoms. The number of rotatable bonds is 4. The monoisotopic (exact) mass is 331 g/mol. The number of hydrogen-bond donors (Lipinski definition) is 1. The van der Waals surface area contributed by atoms with Crippen LogP contribution in [0.2, 0.25) is 0 Å². The minimum Gasteiger partial charge on any atom is -0.332 e. The van der Waals surface area contributed by atoms with Crippen LogP contribution in [-0.2, 0) is 0 Å². The second kappa shape index (κ2) is 7.79. The third-order valence-electron chi connectivity index (χ3n) is 5.87. The van der Waals surface area contributed by atoms with Crippen LogP contribution in [-0.4, -0.2) is 59.2 Å².